The summed E-state index contributed by atoms with van der Waals surface area (Å²) in [6.07, 6.45) is 0. The first-order chi connectivity index (χ1) is 8.56. The maximum Gasteiger partial charge on any atom is 0.124 e. The molecule has 2 aromatic rings. The second-order valence-electron chi connectivity index (χ2n) is 4.07. The molecule has 4 heteroatoms. The third-order valence-corrected chi connectivity index (χ3v) is 4.04. The third kappa shape index (κ3) is 3.18. The molecule has 0 aromatic heterocycles. The van der Waals surface area contributed by atoms with Gasteiger partial charge in [-0.2, -0.15) is 0 Å². The number of rotatable bonds is 3. The Morgan fingerprint density at radius 3 is 2.72 bits per heavy atom. The van der Waals surface area contributed by atoms with Gasteiger partial charge in [0.1, 0.15) is 5.82 Å². The van der Waals surface area contributed by atoms with Crippen LogP contribution in [0.2, 0.25) is 5.02 Å². The number of thioether (sulfide) groups is 1. The fraction of sp³-hybridized carbons (Fsp3) is 0.143. The molecule has 0 atom stereocenters. The molecule has 2 N–H and O–H groups in total. The number of hydrogen-bond donors (Lipinski definition) is 1. The largest absolute Gasteiger partial charge is 0.398 e. The van der Waals surface area contributed by atoms with Crippen molar-refractivity contribution in [1.29, 1.82) is 0 Å². The number of anilines is 1. The number of benzene rings is 2. The van der Waals surface area contributed by atoms with Crippen LogP contribution >= 0.6 is 23.4 Å². The topological polar surface area (TPSA) is 26.0 Å². The fourth-order valence-electron chi connectivity index (χ4n) is 1.56. The predicted molar refractivity (Wildman–Crippen MR) is 76.6 cm³/mol. The third-order valence-electron chi connectivity index (χ3n) is 2.57. The first-order valence-corrected chi connectivity index (χ1v) is 6.85. The maximum absolute atomic E-state index is 13.1. The Hall–Kier alpha value is -1.19. The zero-order chi connectivity index (χ0) is 13.1. The van der Waals surface area contributed by atoms with E-state index in [1.54, 1.807) is 6.07 Å². The molecular formula is C14H13ClFNS. The van der Waals surface area contributed by atoms with E-state index in [9.17, 15) is 4.39 Å². The predicted octanol–water partition coefficient (Wildman–Crippen LogP) is 4.66. The Labute approximate surface area is 115 Å². The van der Waals surface area contributed by atoms with Crippen LogP contribution in [0.25, 0.3) is 0 Å². The number of nitrogens with two attached hydrogens (primary N) is 1. The zero-order valence-electron chi connectivity index (χ0n) is 9.91. The second-order valence-corrected chi connectivity index (χ2v) is 5.49. The maximum atomic E-state index is 13.1. The summed E-state index contributed by atoms with van der Waals surface area (Å²) in [7, 11) is 0. The average molecular weight is 282 g/mol. The molecule has 0 aliphatic rings. The van der Waals surface area contributed by atoms with E-state index < -0.39 is 0 Å². The van der Waals surface area contributed by atoms with E-state index in [-0.39, 0.29) is 5.82 Å². The SMILES string of the molecule is Cc1ccc(CSc2cc(F)ccc2N)c(Cl)c1. The summed E-state index contributed by atoms with van der Waals surface area (Å²) in [6, 6.07) is 10.3. The van der Waals surface area contributed by atoms with Crippen LogP contribution in [0.15, 0.2) is 41.3 Å². The van der Waals surface area contributed by atoms with Gasteiger partial charge in [0, 0.05) is 21.4 Å². The summed E-state index contributed by atoms with van der Waals surface area (Å²) >= 11 is 7.63. The van der Waals surface area contributed by atoms with Crippen molar-refractivity contribution in [3.63, 3.8) is 0 Å². The molecule has 1 nitrogen and oxygen atoms in total. The van der Waals surface area contributed by atoms with E-state index in [4.69, 9.17) is 17.3 Å². The zero-order valence-corrected chi connectivity index (χ0v) is 11.5. The summed E-state index contributed by atoms with van der Waals surface area (Å²) < 4.78 is 13.1. The molecule has 0 unspecified atom stereocenters. The average Bonchev–Trinajstić information content (AvgIpc) is 2.32. The van der Waals surface area contributed by atoms with Crippen molar-refractivity contribution >= 4 is 29.1 Å². The molecule has 0 bridgehead atoms. The van der Waals surface area contributed by atoms with Crippen molar-refractivity contribution in [1.82, 2.24) is 0 Å². The highest BCUT2D eigenvalue weighted by Gasteiger charge is 2.05. The minimum atomic E-state index is -0.276. The summed E-state index contributed by atoms with van der Waals surface area (Å²) in [4.78, 5) is 0.742. The van der Waals surface area contributed by atoms with Crippen LogP contribution in [0, 0.1) is 12.7 Å². The molecule has 94 valence electrons. The minimum absolute atomic E-state index is 0.276. The number of nitrogen functional groups attached to an aromatic ring is 1. The van der Waals surface area contributed by atoms with Gasteiger partial charge in [0.05, 0.1) is 0 Å². The van der Waals surface area contributed by atoms with Crippen LogP contribution in [0.5, 0.6) is 0 Å². The fourth-order valence-corrected chi connectivity index (χ4v) is 2.93. The van der Waals surface area contributed by atoms with Crippen molar-refractivity contribution in [3.8, 4) is 0 Å². The lowest BCUT2D eigenvalue weighted by Gasteiger charge is -2.07. The van der Waals surface area contributed by atoms with Crippen molar-refractivity contribution in [2.24, 2.45) is 0 Å². The monoisotopic (exact) mass is 281 g/mol. The summed E-state index contributed by atoms with van der Waals surface area (Å²) in [5, 5.41) is 0.734. The molecule has 0 aliphatic heterocycles. The first kappa shape index (κ1) is 13.2. The molecule has 0 fully saturated rings. The van der Waals surface area contributed by atoms with Crippen LogP contribution in [0.4, 0.5) is 10.1 Å². The lowest BCUT2D eigenvalue weighted by Crippen LogP contribution is -1.91. The van der Waals surface area contributed by atoms with Crippen LogP contribution in [0.3, 0.4) is 0 Å². The van der Waals surface area contributed by atoms with E-state index in [0.29, 0.717) is 11.4 Å². The second kappa shape index (κ2) is 5.63. The quantitative estimate of drug-likeness (QED) is 0.654. The molecule has 0 spiro atoms. The van der Waals surface area contributed by atoms with Gasteiger partial charge >= 0.3 is 0 Å². The van der Waals surface area contributed by atoms with E-state index in [1.165, 1.54) is 23.9 Å². The van der Waals surface area contributed by atoms with Crippen LogP contribution in [-0.2, 0) is 5.75 Å². The summed E-state index contributed by atoms with van der Waals surface area (Å²) in [6.45, 7) is 1.99. The molecule has 0 heterocycles. The van der Waals surface area contributed by atoms with Gasteiger partial charge in [-0.25, -0.2) is 4.39 Å². The van der Waals surface area contributed by atoms with E-state index in [0.717, 1.165) is 21.0 Å². The smallest absolute Gasteiger partial charge is 0.124 e. The van der Waals surface area contributed by atoms with Crippen molar-refractivity contribution < 1.29 is 4.39 Å². The molecule has 2 rings (SSSR count). The van der Waals surface area contributed by atoms with Gasteiger partial charge < -0.3 is 5.73 Å². The Balaban J connectivity index is 2.13. The van der Waals surface area contributed by atoms with Gasteiger partial charge in [0.25, 0.3) is 0 Å². The summed E-state index contributed by atoms with van der Waals surface area (Å²) in [5.41, 5.74) is 8.53. The molecule has 0 saturated carbocycles. The van der Waals surface area contributed by atoms with Gasteiger partial charge in [-0.05, 0) is 42.3 Å². The van der Waals surface area contributed by atoms with Gasteiger partial charge in [-0.3, -0.25) is 0 Å². The summed E-state index contributed by atoms with van der Waals surface area (Å²) in [5.74, 6) is 0.397. The Morgan fingerprint density at radius 1 is 1.22 bits per heavy atom. The Kier molecular flexibility index (Phi) is 4.15. The van der Waals surface area contributed by atoms with Gasteiger partial charge in [-0.1, -0.05) is 23.7 Å². The van der Waals surface area contributed by atoms with E-state index in [2.05, 4.69) is 0 Å². The molecular weight excluding hydrogens is 269 g/mol. The molecule has 18 heavy (non-hydrogen) atoms. The lowest BCUT2D eigenvalue weighted by molar-refractivity contribution is 0.624. The minimum Gasteiger partial charge on any atom is -0.398 e. The number of hydrogen-bond acceptors (Lipinski definition) is 2. The van der Waals surface area contributed by atoms with Gasteiger partial charge in [-0.15, -0.1) is 11.8 Å². The van der Waals surface area contributed by atoms with Gasteiger partial charge in [0.2, 0.25) is 0 Å². The Morgan fingerprint density at radius 2 is 2.00 bits per heavy atom. The van der Waals surface area contributed by atoms with Crippen LogP contribution in [-0.4, -0.2) is 0 Å². The van der Waals surface area contributed by atoms with Crippen molar-refractivity contribution in [2.45, 2.75) is 17.6 Å². The van der Waals surface area contributed by atoms with Crippen molar-refractivity contribution in [3.05, 3.63) is 58.4 Å². The molecule has 2 aromatic carbocycles. The van der Waals surface area contributed by atoms with Crippen molar-refractivity contribution in [2.75, 3.05) is 5.73 Å². The molecule has 0 saturated heterocycles. The highest BCUT2D eigenvalue weighted by Crippen LogP contribution is 2.31. The standard InChI is InChI=1S/C14H13ClFNS/c1-9-2-3-10(12(15)6-9)8-18-14-7-11(16)4-5-13(14)17/h2-7H,8,17H2,1H3. The first-order valence-electron chi connectivity index (χ1n) is 5.49. The molecule has 0 aliphatic carbocycles. The molecule has 0 radical (unpaired) electrons. The van der Waals surface area contributed by atoms with Crippen LogP contribution in [0.1, 0.15) is 11.1 Å². The Bertz CT molecular complexity index is 572. The van der Waals surface area contributed by atoms with Crippen LogP contribution < -0.4 is 5.73 Å². The normalized spacial score (nSPS) is 10.6. The lowest BCUT2D eigenvalue weighted by atomic mass is 10.2. The number of halogens is 2. The van der Waals surface area contributed by atoms with E-state index in [1.807, 2.05) is 25.1 Å². The van der Waals surface area contributed by atoms with Gasteiger partial charge in [0.15, 0.2) is 0 Å². The molecule has 0 amide bonds. The highest BCUT2D eigenvalue weighted by molar-refractivity contribution is 7.98. The number of aryl methyl sites for hydroxylation is 1. The van der Waals surface area contributed by atoms with E-state index >= 15 is 0 Å². The highest BCUT2D eigenvalue weighted by atomic mass is 35.5.